The zero-order valence-electron chi connectivity index (χ0n) is 12.0. The molecule has 1 aliphatic rings. The number of nitrogens with zero attached hydrogens (tertiary/aromatic N) is 2. The lowest BCUT2D eigenvalue weighted by molar-refractivity contribution is -0.137. The monoisotopic (exact) mass is 286 g/mol. The third-order valence-electron chi connectivity index (χ3n) is 3.32. The van der Waals surface area contributed by atoms with Gasteiger partial charge in [0, 0.05) is 26.1 Å². The summed E-state index contributed by atoms with van der Waals surface area (Å²) in [5.74, 6) is -1.17. The number of rotatable bonds is 2. The molecule has 0 spiro atoms. The van der Waals surface area contributed by atoms with Crippen molar-refractivity contribution in [3.8, 4) is 0 Å². The summed E-state index contributed by atoms with van der Waals surface area (Å²) in [6.07, 6.45) is 4.66. The smallest absolute Gasteiger partial charge is 0.324 e. The largest absolute Gasteiger partial charge is 0.333 e. The van der Waals surface area contributed by atoms with Gasteiger partial charge in [-0.1, -0.05) is 30.3 Å². The fraction of sp³-hybridized carbons (Fsp3) is 0.312. The first kappa shape index (κ1) is 15.0. The standard InChI is InChI=1S/C16H18N2O3/c1-13(19)18(16(21)17-11-5-6-12-17)15(20)10-9-14-7-3-2-4-8-14/h2-4,7-10H,5-6,11-12H2,1H3/b10-9+. The van der Waals surface area contributed by atoms with E-state index in [1.54, 1.807) is 6.08 Å². The number of hydrogen-bond acceptors (Lipinski definition) is 3. The minimum Gasteiger partial charge on any atom is -0.324 e. The second-order valence-corrected chi connectivity index (χ2v) is 4.91. The molecule has 0 aromatic heterocycles. The molecule has 5 nitrogen and oxygen atoms in total. The molecule has 0 N–H and O–H groups in total. The Morgan fingerprint density at radius 3 is 2.29 bits per heavy atom. The molecule has 4 amide bonds. The molecule has 0 atom stereocenters. The van der Waals surface area contributed by atoms with Crippen molar-refractivity contribution in [1.29, 1.82) is 0 Å². The molecule has 0 radical (unpaired) electrons. The van der Waals surface area contributed by atoms with Crippen LogP contribution in [0.1, 0.15) is 25.3 Å². The molecule has 1 aromatic carbocycles. The summed E-state index contributed by atoms with van der Waals surface area (Å²) in [4.78, 5) is 38.2. The number of carbonyl (C=O) groups excluding carboxylic acids is 3. The summed E-state index contributed by atoms with van der Waals surface area (Å²) in [7, 11) is 0. The molecule has 0 unspecified atom stereocenters. The number of urea groups is 1. The Kier molecular flexibility index (Phi) is 4.87. The highest BCUT2D eigenvalue weighted by Crippen LogP contribution is 2.12. The van der Waals surface area contributed by atoms with Crippen LogP contribution in [-0.4, -0.2) is 40.7 Å². The highest BCUT2D eigenvalue weighted by Gasteiger charge is 2.30. The molecule has 110 valence electrons. The lowest BCUT2D eigenvalue weighted by atomic mass is 10.2. The van der Waals surface area contributed by atoms with E-state index >= 15 is 0 Å². The molecule has 1 fully saturated rings. The van der Waals surface area contributed by atoms with Gasteiger partial charge in [-0.25, -0.2) is 4.79 Å². The summed E-state index contributed by atoms with van der Waals surface area (Å²) >= 11 is 0. The topological polar surface area (TPSA) is 57.7 Å². The average molecular weight is 286 g/mol. The van der Waals surface area contributed by atoms with E-state index < -0.39 is 17.8 Å². The van der Waals surface area contributed by atoms with Gasteiger partial charge in [-0.15, -0.1) is 0 Å². The highest BCUT2D eigenvalue weighted by atomic mass is 16.2. The molecule has 0 saturated carbocycles. The first-order chi connectivity index (χ1) is 10.1. The van der Waals surface area contributed by atoms with Crippen molar-refractivity contribution in [3.05, 3.63) is 42.0 Å². The van der Waals surface area contributed by atoms with E-state index in [-0.39, 0.29) is 0 Å². The van der Waals surface area contributed by atoms with Gasteiger partial charge in [0.1, 0.15) is 0 Å². The van der Waals surface area contributed by atoms with Crippen molar-refractivity contribution in [2.24, 2.45) is 0 Å². The van der Waals surface area contributed by atoms with Crippen molar-refractivity contribution in [2.45, 2.75) is 19.8 Å². The molecule has 2 rings (SSSR count). The van der Waals surface area contributed by atoms with Crippen LogP contribution in [0.3, 0.4) is 0 Å². The molecule has 1 heterocycles. The second kappa shape index (κ2) is 6.83. The number of carbonyl (C=O) groups is 3. The van der Waals surface area contributed by atoms with E-state index in [4.69, 9.17) is 0 Å². The number of benzene rings is 1. The van der Waals surface area contributed by atoms with E-state index in [0.29, 0.717) is 18.0 Å². The summed E-state index contributed by atoms with van der Waals surface area (Å²) < 4.78 is 0. The third-order valence-corrected chi connectivity index (χ3v) is 3.32. The van der Waals surface area contributed by atoms with Crippen LogP contribution in [-0.2, 0) is 9.59 Å². The van der Waals surface area contributed by atoms with Gasteiger partial charge < -0.3 is 4.90 Å². The predicted octanol–water partition coefficient (Wildman–Crippen LogP) is 2.29. The number of likely N-dealkylation sites (tertiary alicyclic amines) is 1. The van der Waals surface area contributed by atoms with Crippen LogP contribution in [0, 0.1) is 0 Å². The minimum atomic E-state index is -0.608. The van der Waals surface area contributed by atoms with Crippen LogP contribution in [0.5, 0.6) is 0 Å². The molecule has 1 aliphatic heterocycles. The summed E-state index contributed by atoms with van der Waals surface area (Å²) in [5.41, 5.74) is 0.836. The Morgan fingerprint density at radius 1 is 1.10 bits per heavy atom. The molecule has 1 aromatic rings. The fourth-order valence-electron chi connectivity index (χ4n) is 2.24. The normalized spacial score (nSPS) is 14.4. The quantitative estimate of drug-likeness (QED) is 0.784. The van der Waals surface area contributed by atoms with Crippen LogP contribution < -0.4 is 0 Å². The van der Waals surface area contributed by atoms with E-state index in [9.17, 15) is 14.4 Å². The fourth-order valence-corrected chi connectivity index (χ4v) is 2.24. The van der Waals surface area contributed by atoms with Crippen LogP contribution in [0.25, 0.3) is 6.08 Å². The van der Waals surface area contributed by atoms with Crippen LogP contribution in [0.2, 0.25) is 0 Å². The Bertz CT molecular complexity index is 560. The van der Waals surface area contributed by atoms with Crippen molar-refractivity contribution in [3.63, 3.8) is 0 Å². The lowest BCUT2D eigenvalue weighted by Gasteiger charge is -2.22. The Morgan fingerprint density at radius 2 is 1.71 bits per heavy atom. The SMILES string of the molecule is CC(=O)N(C(=O)/C=C/c1ccccc1)C(=O)N1CCCC1. The van der Waals surface area contributed by atoms with E-state index in [2.05, 4.69) is 0 Å². The lowest BCUT2D eigenvalue weighted by Crippen LogP contribution is -2.47. The molecular weight excluding hydrogens is 268 g/mol. The van der Waals surface area contributed by atoms with Gasteiger partial charge in [-0.2, -0.15) is 4.90 Å². The maximum absolute atomic E-state index is 12.2. The zero-order valence-corrected chi connectivity index (χ0v) is 12.0. The first-order valence-corrected chi connectivity index (χ1v) is 6.96. The summed E-state index contributed by atoms with van der Waals surface area (Å²) in [5, 5.41) is 0. The van der Waals surface area contributed by atoms with Crippen molar-refractivity contribution in [1.82, 2.24) is 9.80 Å². The van der Waals surface area contributed by atoms with Crippen molar-refractivity contribution in [2.75, 3.05) is 13.1 Å². The summed E-state index contributed by atoms with van der Waals surface area (Å²) in [6, 6.07) is 8.72. The van der Waals surface area contributed by atoms with Gasteiger partial charge in [0.25, 0.3) is 5.91 Å². The molecule has 5 heteroatoms. The minimum absolute atomic E-state index is 0.525. The Balaban J connectivity index is 2.10. The van der Waals surface area contributed by atoms with Crippen molar-refractivity contribution >= 4 is 23.9 Å². The maximum Gasteiger partial charge on any atom is 0.333 e. The van der Waals surface area contributed by atoms with E-state index in [0.717, 1.165) is 18.4 Å². The van der Waals surface area contributed by atoms with E-state index in [1.165, 1.54) is 17.9 Å². The Hall–Kier alpha value is -2.43. The van der Waals surface area contributed by atoms with Crippen LogP contribution in [0.15, 0.2) is 36.4 Å². The first-order valence-electron chi connectivity index (χ1n) is 6.96. The predicted molar refractivity (Wildman–Crippen MR) is 79.2 cm³/mol. The molecular formula is C16H18N2O3. The third kappa shape index (κ3) is 3.78. The van der Waals surface area contributed by atoms with Gasteiger partial charge in [0.2, 0.25) is 5.91 Å². The molecule has 1 saturated heterocycles. The van der Waals surface area contributed by atoms with Crippen LogP contribution in [0.4, 0.5) is 4.79 Å². The highest BCUT2D eigenvalue weighted by molar-refractivity contribution is 6.14. The number of amides is 4. The van der Waals surface area contributed by atoms with Gasteiger partial charge in [-0.05, 0) is 24.5 Å². The van der Waals surface area contributed by atoms with Gasteiger partial charge >= 0.3 is 6.03 Å². The average Bonchev–Trinajstić information content (AvgIpc) is 3.00. The van der Waals surface area contributed by atoms with Gasteiger partial charge in [0.15, 0.2) is 0 Å². The zero-order chi connectivity index (χ0) is 15.2. The Labute approximate surface area is 123 Å². The second-order valence-electron chi connectivity index (χ2n) is 4.91. The van der Waals surface area contributed by atoms with E-state index in [1.807, 2.05) is 30.3 Å². The molecule has 0 aliphatic carbocycles. The number of hydrogen-bond donors (Lipinski definition) is 0. The van der Waals surface area contributed by atoms with Gasteiger partial charge in [0.05, 0.1) is 0 Å². The summed E-state index contributed by atoms with van der Waals surface area (Å²) in [6.45, 7) is 2.42. The molecule has 0 bridgehead atoms. The maximum atomic E-state index is 12.2. The van der Waals surface area contributed by atoms with Crippen LogP contribution >= 0.6 is 0 Å². The molecule has 21 heavy (non-hydrogen) atoms. The van der Waals surface area contributed by atoms with Crippen molar-refractivity contribution < 1.29 is 14.4 Å². The van der Waals surface area contributed by atoms with Gasteiger partial charge in [-0.3, -0.25) is 9.59 Å². The number of imide groups is 3.